The number of nitrogens with zero attached hydrogens (tertiary/aromatic N) is 1. The Kier molecular flexibility index (Phi) is 5.19. The normalized spacial score (nSPS) is 10.6. The summed E-state index contributed by atoms with van der Waals surface area (Å²) in [5.41, 5.74) is 3.01. The predicted octanol–water partition coefficient (Wildman–Crippen LogP) is 5.02. The van der Waals surface area contributed by atoms with Crippen LogP contribution in [0.5, 0.6) is 0 Å². The van der Waals surface area contributed by atoms with Crippen molar-refractivity contribution in [2.75, 3.05) is 5.32 Å². The van der Waals surface area contributed by atoms with E-state index in [0.717, 1.165) is 11.1 Å². The second-order valence-corrected chi connectivity index (χ2v) is 5.59. The number of carbonyl (C=O) groups excluding carboxylic acids is 1. The maximum absolute atomic E-state index is 12.3. The Bertz CT molecular complexity index is 949. The first-order valence-electron chi connectivity index (χ1n) is 8.01. The standard InChI is InChI=1S/C21H16N2O3/c24-21(18-7-2-1-3-8-18)22-20-9-5-4-6-17(20)13-10-16-11-14-19(15-12-16)23(25)26/h1-15H,(H,22,24)/b13-10+. The summed E-state index contributed by atoms with van der Waals surface area (Å²) in [4.78, 5) is 22.6. The van der Waals surface area contributed by atoms with Gasteiger partial charge in [0.25, 0.3) is 11.6 Å². The van der Waals surface area contributed by atoms with Crippen LogP contribution in [0, 0.1) is 10.1 Å². The molecule has 128 valence electrons. The molecule has 1 amide bonds. The molecule has 0 unspecified atom stereocenters. The average Bonchev–Trinajstić information content (AvgIpc) is 2.68. The summed E-state index contributed by atoms with van der Waals surface area (Å²) in [6, 6.07) is 22.7. The Morgan fingerprint density at radius 1 is 0.846 bits per heavy atom. The van der Waals surface area contributed by atoms with Gasteiger partial charge in [-0.1, -0.05) is 48.6 Å². The molecule has 0 atom stereocenters. The molecule has 3 rings (SSSR count). The molecule has 0 radical (unpaired) electrons. The lowest BCUT2D eigenvalue weighted by Gasteiger charge is -2.08. The van der Waals surface area contributed by atoms with E-state index in [9.17, 15) is 14.9 Å². The highest BCUT2D eigenvalue weighted by molar-refractivity contribution is 6.05. The lowest BCUT2D eigenvalue weighted by molar-refractivity contribution is -0.384. The zero-order chi connectivity index (χ0) is 18.4. The first-order valence-corrected chi connectivity index (χ1v) is 8.01. The number of hydrogen-bond acceptors (Lipinski definition) is 3. The van der Waals surface area contributed by atoms with Crippen molar-refractivity contribution in [2.45, 2.75) is 0 Å². The van der Waals surface area contributed by atoms with Crippen LogP contribution >= 0.6 is 0 Å². The van der Waals surface area contributed by atoms with Crippen molar-refractivity contribution in [1.29, 1.82) is 0 Å². The molecule has 5 nitrogen and oxygen atoms in total. The highest BCUT2D eigenvalue weighted by atomic mass is 16.6. The highest BCUT2D eigenvalue weighted by Crippen LogP contribution is 2.20. The van der Waals surface area contributed by atoms with Crippen LogP contribution < -0.4 is 5.32 Å². The molecule has 0 saturated carbocycles. The molecule has 0 spiro atoms. The van der Waals surface area contributed by atoms with Gasteiger partial charge in [-0.05, 0) is 41.5 Å². The van der Waals surface area contributed by atoms with Gasteiger partial charge >= 0.3 is 0 Å². The van der Waals surface area contributed by atoms with Gasteiger partial charge in [0.1, 0.15) is 0 Å². The van der Waals surface area contributed by atoms with Gasteiger partial charge in [0.15, 0.2) is 0 Å². The Hall–Kier alpha value is -3.73. The number of nitrogens with one attached hydrogen (secondary N) is 1. The number of para-hydroxylation sites is 1. The predicted molar refractivity (Wildman–Crippen MR) is 103 cm³/mol. The van der Waals surface area contributed by atoms with E-state index in [1.165, 1.54) is 12.1 Å². The van der Waals surface area contributed by atoms with Crippen LogP contribution in [0.25, 0.3) is 12.2 Å². The lowest BCUT2D eigenvalue weighted by Crippen LogP contribution is -2.12. The summed E-state index contributed by atoms with van der Waals surface area (Å²) >= 11 is 0. The minimum Gasteiger partial charge on any atom is -0.321 e. The van der Waals surface area contributed by atoms with Crippen molar-refractivity contribution < 1.29 is 9.72 Å². The van der Waals surface area contributed by atoms with Crippen molar-refractivity contribution in [3.8, 4) is 0 Å². The van der Waals surface area contributed by atoms with Crippen LogP contribution in [0.3, 0.4) is 0 Å². The van der Waals surface area contributed by atoms with Crippen LogP contribution in [-0.4, -0.2) is 10.8 Å². The molecule has 0 saturated heterocycles. The largest absolute Gasteiger partial charge is 0.321 e. The Morgan fingerprint density at radius 2 is 1.50 bits per heavy atom. The van der Waals surface area contributed by atoms with Crippen molar-refractivity contribution in [3.05, 3.63) is 106 Å². The molecule has 0 fully saturated rings. The molecule has 0 aromatic heterocycles. The molecule has 0 aliphatic heterocycles. The number of amides is 1. The van der Waals surface area contributed by atoms with Gasteiger partial charge < -0.3 is 5.32 Å². The fourth-order valence-electron chi connectivity index (χ4n) is 2.43. The Balaban J connectivity index is 1.78. The second kappa shape index (κ2) is 7.90. The number of benzene rings is 3. The van der Waals surface area contributed by atoms with E-state index < -0.39 is 4.92 Å². The monoisotopic (exact) mass is 344 g/mol. The minimum absolute atomic E-state index is 0.0534. The third-order valence-corrected chi connectivity index (χ3v) is 3.80. The summed E-state index contributed by atoms with van der Waals surface area (Å²) in [7, 11) is 0. The highest BCUT2D eigenvalue weighted by Gasteiger charge is 2.07. The maximum Gasteiger partial charge on any atom is 0.269 e. The van der Waals surface area contributed by atoms with E-state index in [0.29, 0.717) is 11.3 Å². The Morgan fingerprint density at radius 3 is 2.19 bits per heavy atom. The van der Waals surface area contributed by atoms with Crippen molar-refractivity contribution in [1.82, 2.24) is 0 Å². The van der Waals surface area contributed by atoms with E-state index in [4.69, 9.17) is 0 Å². The third-order valence-electron chi connectivity index (χ3n) is 3.80. The zero-order valence-corrected chi connectivity index (χ0v) is 13.8. The SMILES string of the molecule is O=C(Nc1ccccc1/C=C/c1ccc([N+](=O)[O-])cc1)c1ccccc1. The van der Waals surface area contributed by atoms with Gasteiger partial charge in [0.2, 0.25) is 0 Å². The molecule has 0 bridgehead atoms. The van der Waals surface area contributed by atoms with E-state index >= 15 is 0 Å². The molecule has 1 N–H and O–H groups in total. The van der Waals surface area contributed by atoms with Gasteiger partial charge in [0.05, 0.1) is 4.92 Å². The van der Waals surface area contributed by atoms with Crippen LogP contribution in [0.2, 0.25) is 0 Å². The van der Waals surface area contributed by atoms with Gasteiger partial charge in [-0.3, -0.25) is 14.9 Å². The molecule has 3 aromatic rings. The fourth-order valence-corrected chi connectivity index (χ4v) is 2.43. The summed E-state index contributed by atoms with van der Waals surface area (Å²) in [5.74, 6) is -0.179. The first-order chi connectivity index (χ1) is 12.6. The number of hydrogen-bond donors (Lipinski definition) is 1. The molecular weight excluding hydrogens is 328 g/mol. The molecular formula is C21H16N2O3. The van der Waals surface area contributed by atoms with E-state index in [1.54, 1.807) is 24.3 Å². The molecule has 0 aliphatic carbocycles. The van der Waals surface area contributed by atoms with E-state index in [1.807, 2.05) is 54.6 Å². The molecule has 26 heavy (non-hydrogen) atoms. The third kappa shape index (κ3) is 4.21. The van der Waals surface area contributed by atoms with Gasteiger partial charge in [0, 0.05) is 23.4 Å². The van der Waals surface area contributed by atoms with Gasteiger partial charge in [-0.2, -0.15) is 0 Å². The summed E-state index contributed by atoms with van der Waals surface area (Å²) in [6.45, 7) is 0. The number of anilines is 1. The zero-order valence-electron chi connectivity index (χ0n) is 13.8. The second-order valence-electron chi connectivity index (χ2n) is 5.59. The van der Waals surface area contributed by atoms with Crippen LogP contribution in [0.15, 0.2) is 78.9 Å². The van der Waals surface area contributed by atoms with Crippen LogP contribution in [-0.2, 0) is 0 Å². The number of non-ortho nitro benzene ring substituents is 1. The molecule has 3 aromatic carbocycles. The summed E-state index contributed by atoms with van der Waals surface area (Å²) in [5, 5.41) is 13.6. The topological polar surface area (TPSA) is 72.2 Å². The average molecular weight is 344 g/mol. The van der Waals surface area contributed by atoms with Crippen molar-refractivity contribution in [2.24, 2.45) is 0 Å². The fraction of sp³-hybridized carbons (Fsp3) is 0. The number of carbonyl (C=O) groups is 1. The van der Waals surface area contributed by atoms with Gasteiger partial charge in [-0.15, -0.1) is 0 Å². The molecule has 5 heteroatoms. The van der Waals surface area contributed by atoms with Crippen molar-refractivity contribution >= 4 is 29.4 Å². The summed E-state index contributed by atoms with van der Waals surface area (Å²) in [6.07, 6.45) is 3.71. The first kappa shape index (κ1) is 17.1. The number of nitro benzene ring substituents is 1. The Labute approximate surface area is 150 Å². The van der Waals surface area contributed by atoms with E-state index in [-0.39, 0.29) is 11.6 Å². The smallest absolute Gasteiger partial charge is 0.269 e. The number of rotatable bonds is 5. The quantitative estimate of drug-likeness (QED) is 0.401. The molecule has 0 heterocycles. The molecule has 0 aliphatic rings. The van der Waals surface area contributed by atoms with Crippen LogP contribution in [0.1, 0.15) is 21.5 Å². The van der Waals surface area contributed by atoms with E-state index in [2.05, 4.69) is 5.32 Å². The lowest BCUT2D eigenvalue weighted by atomic mass is 10.1. The van der Waals surface area contributed by atoms with Crippen molar-refractivity contribution in [3.63, 3.8) is 0 Å². The van der Waals surface area contributed by atoms with Crippen LogP contribution in [0.4, 0.5) is 11.4 Å². The number of nitro groups is 1. The van der Waals surface area contributed by atoms with Gasteiger partial charge in [-0.25, -0.2) is 0 Å². The maximum atomic E-state index is 12.3. The summed E-state index contributed by atoms with van der Waals surface area (Å²) < 4.78 is 0. The minimum atomic E-state index is -0.429.